The molecule has 0 aliphatic heterocycles. The topological polar surface area (TPSA) is 272 Å². The van der Waals surface area contributed by atoms with Crippen LogP contribution in [0.15, 0.2) is 184 Å². The number of hydrogen-bond donors (Lipinski definition) is 0. The average Bonchev–Trinajstić information content (AvgIpc) is 0.765. The maximum Gasteiger partial charge on any atom is 0.343 e. The molecule has 0 N–H and O–H groups in total. The van der Waals surface area contributed by atoms with Gasteiger partial charge in [0.15, 0.2) is 39.8 Å². The molecule has 0 unspecified atom stereocenters. The molecular weight excluding hydrogens is 1470 g/mol. The van der Waals surface area contributed by atoms with Crippen LogP contribution in [0, 0.1) is 0 Å². The highest BCUT2D eigenvalue weighted by Gasteiger charge is 2.33. The molecule has 0 heterocycles. The van der Waals surface area contributed by atoms with Crippen molar-refractivity contribution in [3.63, 3.8) is 0 Å². The Morgan fingerprint density at radius 1 is 0.274 bits per heavy atom. The third kappa shape index (κ3) is 35.7. The van der Waals surface area contributed by atoms with E-state index in [1.54, 1.807) is 97.1 Å². The summed E-state index contributed by atoms with van der Waals surface area (Å²) in [5.41, 5.74) is 0.527. The lowest BCUT2D eigenvalue weighted by Gasteiger charge is -2.34. The van der Waals surface area contributed by atoms with Gasteiger partial charge in [0.25, 0.3) is 0 Å². The monoisotopic (exact) mass is 1580 g/mol. The number of ether oxygens (including phenoxy) is 10. The minimum Gasteiger partial charge on any atom is -0.494 e. The number of rotatable bonds is 58. The number of benzene rings is 6. The zero-order chi connectivity index (χ0) is 81.6. The van der Waals surface area contributed by atoms with E-state index in [9.17, 15) is 47.9 Å². The second-order valence-corrected chi connectivity index (χ2v) is 37.4. The first-order valence-corrected chi connectivity index (χ1v) is 45.4. The van der Waals surface area contributed by atoms with Crippen molar-refractivity contribution in [3.8, 4) is 46.0 Å². The van der Waals surface area contributed by atoms with E-state index in [1.165, 1.54) is 60.7 Å². The summed E-state index contributed by atoms with van der Waals surface area (Å²) in [6.45, 7) is 24.5. The number of esters is 6. The third-order valence-electron chi connectivity index (χ3n) is 18.1. The molecule has 6 rings (SSSR count). The van der Waals surface area contributed by atoms with Crippen LogP contribution in [-0.4, -0.2) is 115 Å². The summed E-state index contributed by atoms with van der Waals surface area (Å²) in [4.78, 5) is 128. The van der Waals surface area contributed by atoms with Crippen LogP contribution in [0.4, 0.5) is 0 Å². The van der Waals surface area contributed by atoms with Crippen LogP contribution >= 0.6 is 0 Å². The molecule has 0 aliphatic rings. The molecule has 604 valence electrons. The molecule has 6 aromatic carbocycles. The Morgan fingerprint density at radius 3 is 0.779 bits per heavy atom. The molecule has 0 radical (unpaired) electrons. The quantitative estimate of drug-likeness (QED) is 0.0113. The molecule has 0 spiro atoms. The summed E-state index contributed by atoms with van der Waals surface area (Å²) in [6.07, 6.45) is 23.0. The van der Waals surface area contributed by atoms with Crippen molar-refractivity contribution >= 4 is 75.6 Å². The minimum atomic E-state index is -2.30. The second-order valence-electron chi connectivity index (χ2n) is 28.5. The van der Waals surface area contributed by atoms with Crippen molar-refractivity contribution in [1.29, 1.82) is 0 Å². The van der Waals surface area contributed by atoms with E-state index in [0.29, 0.717) is 101 Å². The molecule has 0 atom stereocenters. The lowest BCUT2D eigenvalue weighted by atomic mass is 10.1. The molecule has 0 fully saturated rings. The fraction of sp³-hybridized carbons (Fsp3) is 0.400. The van der Waals surface area contributed by atoms with E-state index in [1.807, 2.05) is 0 Å². The number of hydrogen-bond acceptors (Lipinski definition) is 21. The molecule has 21 nitrogen and oxygen atoms in total. The van der Waals surface area contributed by atoms with Gasteiger partial charge in [-0.2, -0.15) is 0 Å². The Morgan fingerprint density at radius 2 is 0.513 bits per heavy atom. The van der Waals surface area contributed by atoms with Gasteiger partial charge in [-0.3, -0.25) is 19.2 Å². The highest BCUT2D eigenvalue weighted by Crippen LogP contribution is 2.32. The van der Waals surface area contributed by atoms with Gasteiger partial charge in [0.2, 0.25) is 0 Å². The predicted octanol–water partition coefficient (Wildman–Crippen LogP) is 19.9. The number of allylic oxidation sites excluding steroid dienone is 4. The largest absolute Gasteiger partial charge is 0.494 e. The molecule has 23 heteroatoms. The lowest BCUT2D eigenvalue weighted by Crippen LogP contribution is -2.44. The van der Waals surface area contributed by atoms with Gasteiger partial charge in [0, 0.05) is 25.7 Å². The second kappa shape index (κ2) is 50.4. The van der Waals surface area contributed by atoms with Gasteiger partial charge < -0.3 is 51.5 Å². The van der Waals surface area contributed by atoms with Crippen molar-refractivity contribution < 1.29 is 99.4 Å². The zero-order valence-corrected chi connectivity index (χ0v) is 68.0. The minimum absolute atomic E-state index is 0.00118. The van der Waals surface area contributed by atoms with E-state index >= 15 is 0 Å². The first-order valence-electron chi connectivity index (χ1n) is 39.2. The predicted molar refractivity (Wildman–Crippen MR) is 438 cm³/mol. The summed E-state index contributed by atoms with van der Waals surface area (Å²) in [5, 5.41) is 0. The van der Waals surface area contributed by atoms with Gasteiger partial charge in [-0.1, -0.05) is 90.5 Å². The molecule has 0 aromatic heterocycles. The normalized spacial score (nSPS) is 11.1. The standard InChI is InChI=1S/C90H110O21Si2/c1-9-71(91)33-21-13-17-25-57-101-75-45-37-67(38-46-75)85(95)107-79-53-55-83(109-87(97)69-41-49-77(50-42-69)103-59-27-19-15-23-35-73(93)11-3)81(65-79)89(99)105-61-29-31-63-112(5,6)111-113(7,8)64-32-30-62-106-90(100)82-66-80(108-86(96)68-39-47-76(48-40-68)102-58-26-18-14-22-34-72(92)10-2)54-56-84(82)110-88(98)70-43-51-78(52-44-70)104-60-28-20-16-24-36-74(94)12-4/h9-12,37-56,65-66H,1-4,13-36,57-64H2,5-8H3. The summed E-state index contributed by atoms with van der Waals surface area (Å²) >= 11 is 0. The Bertz CT molecular complexity index is 3840. The van der Waals surface area contributed by atoms with Crippen molar-refractivity contribution in [2.75, 3.05) is 39.6 Å². The van der Waals surface area contributed by atoms with Crippen LogP contribution in [0.25, 0.3) is 0 Å². The van der Waals surface area contributed by atoms with E-state index < -0.39 is 52.5 Å². The van der Waals surface area contributed by atoms with Gasteiger partial charge in [-0.15, -0.1) is 0 Å². The first kappa shape index (κ1) is 91.3. The Hall–Kier alpha value is -10.6. The van der Waals surface area contributed by atoms with E-state index in [4.69, 9.17) is 51.5 Å². The Kier molecular flexibility index (Phi) is 40.7. The van der Waals surface area contributed by atoms with Crippen molar-refractivity contribution in [1.82, 2.24) is 0 Å². The summed E-state index contributed by atoms with van der Waals surface area (Å²) in [5.74, 6) is -2.42. The summed E-state index contributed by atoms with van der Waals surface area (Å²) < 4.78 is 65.2. The molecule has 6 aromatic rings. The van der Waals surface area contributed by atoms with Crippen molar-refractivity contribution in [2.24, 2.45) is 0 Å². The van der Waals surface area contributed by atoms with Crippen LogP contribution in [0.2, 0.25) is 38.3 Å². The first-order chi connectivity index (χ1) is 54.5. The summed E-state index contributed by atoms with van der Waals surface area (Å²) in [6, 6.07) is 35.4. The fourth-order valence-corrected chi connectivity index (χ4v) is 20.9. The average molecular weight is 1580 g/mol. The van der Waals surface area contributed by atoms with Gasteiger partial charge in [0.1, 0.15) is 57.1 Å². The van der Waals surface area contributed by atoms with Crippen molar-refractivity contribution in [3.05, 3.63) is 217 Å². The third-order valence-corrected chi connectivity index (χ3v) is 25.7. The van der Waals surface area contributed by atoms with Gasteiger partial charge in [-0.05, 0) is 260 Å². The Labute approximate surface area is 667 Å². The number of carbonyl (C=O) groups excluding carboxylic acids is 10. The maximum atomic E-state index is 14.0. The van der Waals surface area contributed by atoms with Crippen LogP contribution < -0.4 is 37.9 Å². The van der Waals surface area contributed by atoms with Gasteiger partial charge in [-0.25, -0.2) is 28.8 Å². The smallest absolute Gasteiger partial charge is 0.343 e. The highest BCUT2D eigenvalue weighted by molar-refractivity contribution is 6.84. The molecule has 0 amide bonds. The zero-order valence-electron chi connectivity index (χ0n) is 66.0. The van der Waals surface area contributed by atoms with Crippen LogP contribution in [0.1, 0.15) is 216 Å². The lowest BCUT2D eigenvalue weighted by molar-refractivity contribution is -0.115. The molecule has 0 bridgehead atoms. The summed E-state index contributed by atoms with van der Waals surface area (Å²) in [7, 11) is -4.59. The van der Waals surface area contributed by atoms with E-state index in [-0.39, 0.29) is 92.7 Å². The van der Waals surface area contributed by atoms with Gasteiger partial charge >= 0.3 is 35.8 Å². The van der Waals surface area contributed by atoms with Crippen LogP contribution in [0.3, 0.4) is 0 Å². The van der Waals surface area contributed by atoms with E-state index in [2.05, 4.69) is 52.5 Å². The molecule has 0 aliphatic carbocycles. The highest BCUT2D eigenvalue weighted by atomic mass is 28.4. The molecular formula is C90H110O21Si2. The van der Waals surface area contributed by atoms with Crippen molar-refractivity contribution in [2.45, 2.75) is 192 Å². The number of carbonyl (C=O) groups is 10. The van der Waals surface area contributed by atoms with Gasteiger partial charge in [0.05, 0.1) is 61.9 Å². The number of unbranched alkanes of at least 4 members (excludes halogenated alkanes) is 14. The van der Waals surface area contributed by atoms with Crippen LogP contribution in [-0.2, 0) is 32.8 Å². The fourth-order valence-electron chi connectivity index (χ4n) is 11.9. The Balaban J connectivity index is 1.01. The van der Waals surface area contributed by atoms with E-state index in [0.717, 1.165) is 115 Å². The van der Waals surface area contributed by atoms with Crippen LogP contribution in [0.5, 0.6) is 46.0 Å². The maximum absolute atomic E-state index is 14.0. The molecule has 0 saturated heterocycles. The molecule has 0 saturated carbocycles. The number of ketones is 4. The molecule has 113 heavy (non-hydrogen) atoms. The SMILES string of the molecule is C=CC(=O)CCCCCCOc1ccc(C(=O)Oc2ccc(OC(=O)c3ccc(OCCCCCCC(=O)C=C)cc3)c(C(=O)OCCCC[Si](C)(C)O[Si](C)(C)CCCCOC(=O)c3cc(OC(=O)c4ccc(OCCCCCCC(=O)C=C)cc4)ccc3OC(=O)c3ccc(OCCCCCCC(=O)C=C)cc3)c2)cc1.